The maximum atomic E-state index is 13.5. The van der Waals surface area contributed by atoms with Crippen molar-refractivity contribution in [2.45, 2.75) is 6.42 Å². The lowest BCUT2D eigenvalue weighted by Gasteiger charge is -1.98. The average molecular weight is 344 g/mol. The SMILES string of the molecule is O=C(/C=C/c1ccc(O)cc1F)CC(=O)/C=C/c1ccc(O)cc1F. The van der Waals surface area contributed by atoms with Crippen LogP contribution < -0.4 is 0 Å². The van der Waals surface area contributed by atoms with E-state index in [0.717, 1.165) is 24.3 Å². The topological polar surface area (TPSA) is 74.6 Å². The number of phenolic OH excluding ortho intramolecular Hbond substituents is 2. The Morgan fingerprint density at radius 1 is 0.800 bits per heavy atom. The molecule has 2 aromatic rings. The number of ketones is 2. The van der Waals surface area contributed by atoms with E-state index in [-0.39, 0.29) is 22.6 Å². The molecule has 4 nitrogen and oxygen atoms in total. The summed E-state index contributed by atoms with van der Waals surface area (Å²) in [6.07, 6.45) is 4.07. The van der Waals surface area contributed by atoms with Gasteiger partial charge in [0, 0.05) is 23.3 Å². The molecule has 0 atom stereocenters. The van der Waals surface area contributed by atoms with Gasteiger partial charge in [-0.15, -0.1) is 0 Å². The van der Waals surface area contributed by atoms with Gasteiger partial charge < -0.3 is 10.2 Å². The molecule has 0 aromatic heterocycles. The van der Waals surface area contributed by atoms with Crippen LogP contribution in [-0.2, 0) is 9.59 Å². The fourth-order valence-electron chi connectivity index (χ4n) is 1.96. The summed E-state index contributed by atoms with van der Waals surface area (Å²) in [4.78, 5) is 23.4. The van der Waals surface area contributed by atoms with Gasteiger partial charge in [0.15, 0.2) is 11.6 Å². The largest absolute Gasteiger partial charge is 0.508 e. The molecule has 0 fully saturated rings. The van der Waals surface area contributed by atoms with E-state index in [1.165, 1.54) is 36.4 Å². The fourth-order valence-corrected chi connectivity index (χ4v) is 1.96. The number of allylic oxidation sites excluding steroid dienone is 2. The van der Waals surface area contributed by atoms with E-state index in [9.17, 15) is 18.4 Å². The molecule has 0 aliphatic carbocycles. The molecular weight excluding hydrogens is 330 g/mol. The molecule has 0 unspecified atom stereocenters. The van der Waals surface area contributed by atoms with Gasteiger partial charge in [-0.2, -0.15) is 0 Å². The third-order valence-electron chi connectivity index (χ3n) is 3.21. The van der Waals surface area contributed by atoms with Crippen molar-refractivity contribution in [3.63, 3.8) is 0 Å². The minimum Gasteiger partial charge on any atom is -0.508 e. The van der Waals surface area contributed by atoms with Crippen molar-refractivity contribution in [2.75, 3.05) is 0 Å². The molecule has 2 N–H and O–H groups in total. The normalized spacial score (nSPS) is 11.3. The fraction of sp³-hybridized carbons (Fsp3) is 0.0526. The number of carbonyl (C=O) groups is 2. The lowest BCUT2D eigenvalue weighted by Crippen LogP contribution is -2.02. The highest BCUT2D eigenvalue weighted by molar-refractivity contribution is 6.10. The number of halogens is 2. The standard InChI is InChI=1S/C19H14F2O4/c20-18-10-16(24)7-3-12(18)1-5-14(22)9-15(23)6-2-13-4-8-17(25)11-19(13)21/h1-8,10-11,24-25H,9H2/b5-1+,6-2+. The average Bonchev–Trinajstić information content (AvgIpc) is 2.53. The Morgan fingerprint density at radius 3 is 1.56 bits per heavy atom. The van der Waals surface area contributed by atoms with E-state index >= 15 is 0 Å². The summed E-state index contributed by atoms with van der Waals surface area (Å²) >= 11 is 0. The Kier molecular flexibility index (Phi) is 5.79. The maximum Gasteiger partial charge on any atom is 0.163 e. The molecule has 0 radical (unpaired) electrons. The highest BCUT2D eigenvalue weighted by atomic mass is 19.1. The zero-order valence-corrected chi connectivity index (χ0v) is 12.9. The van der Waals surface area contributed by atoms with Gasteiger partial charge in [-0.25, -0.2) is 8.78 Å². The Bertz CT molecular complexity index is 798. The molecule has 25 heavy (non-hydrogen) atoms. The zero-order chi connectivity index (χ0) is 18.4. The summed E-state index contributed by atoms with van der Waals surface area (Å²) < 4.78 is 27.0. The molecule has 0 bridgehead atoms. The van der Waals surface area contributed by atoms with Crippen LogP contribution in [0, 0.1) is 11.6 Å². The molecule has 0 heterocycles. The Morgan fingerprint density at radius 2 is 1.20 bits per heavy atom. The van der Waals surface area contributed by atoms with Crippen molar-refractivity contribution in [1.29, 1.82) is 0 Å². The van der Waals surface area contributed by atoms with Gasteiger partial charge in [0.2, 0.25) is 0 Å². The molecule has 0 aliphatic rings. The number of phenols is 2. The second-order valence-electron chi connectivity index (χ2n) is 5.19. The van der Waals surface area contributed by atoms with Crippen molar-refractivity contribution >= 4 is 23.7 Å². The van der Waals surface area contributed by atoms with E-state index in [2.05, 4.69) is 0 Å². The van der Waals surface area contributed by atoms with Crippen LogP contribution in [0.4, 0.5) is 8.78 Å². The molecule has 0 aliphatic heterocycles. The van der Waals surface area contributed by atoms with Gasteiger partial charge in [-0.3, -0.25) is 9.59 Å². The minimum atomic E-state index is -0.696. The second-order valence-corrected chi connectivity index (χ2v) is 5.19. The lowest BCUT2D eigenvalue weighted by atomic mass is 10.1. The van der Waals surface area contributed by atoms with Gasteiger partial charge in [0.25, 0.3) is 0 Å². The Hall–Kier alpha value is -3.28. The van der Waals surface area contributed by atoms with Crippen molar-refractivity contribution < 1.29 is 28.6 Å². The first-order chi connectivity index (χ1) is 11.8. The zero-order valence-electron chi connectivity index (χ0n) is 12.9. The van der Waals surface area contributed by atoms with E-state index < -0.39 is 29.6 Å². The predicted molar refractivity (Wildman–Crippen MR) is 88.8 cm³/mol. The van der Waals surface area contributed by atoms with Gasteiger partial charge >= 0.3 is 0 Å². The van der Waals surface area contributed by atoms with Crippen molar-refractivity contribution in [2.24, 2.45) is 0 Å². The first-order valence-electron chi connectivity index (χ1n) is 7.24. The van der Waals surface area contributed by atoms with E-state index in [1.807, 2.05) is 0 Å². The van der Waals surface area contributed by atoms with Crippen LogP contribution in [0.5, 0.6) is 11.5 Å². The van der Waals surface area contributed by atoms with Crippen LogP contribution in [0.3, 0.4) is 0 Å². The van der Waals surface area contributed by atoms with Crippen molar-refractivity contribution in [3.05, 3.63) is 71.3 Å². The number of hydrogen-bond donors (Lipinski definition) is 2. The van der Waals surface area contributed by atoms with Crippen LogP contribution in [0.25, 0.3) is 12.2 Å². The first-order valence-corrected chi connectivity index (χ1v) is 7.24. The van der Waals surface area contributed by atoms with Crippen LogP contribution in [0.1, 0.15) is 17.5 Å². The summed E-state index contributed by atoms with van der Waals surface area (Å²) in [6.45, 7) is 0. The Balaban J connectivity index is 1.96. The highest BCUT2D eigenvalue weighted by Gasteiger charge is 2.06. The lowest BCUT2D eigenvalue weighted by molar-refractivity contribution is -0.121. The molecule has 2 aromatic carbocycles. The molecular formula is C19H14F2O4. The highest BCUT2D eigenvalue weighted by Crippen LogP contribution is 2.17. The molecule has 0 amide bonds. The maximum absolute atomic E-state index is 13.5. The quantitative estimate of drug-likeness (QED) is 0.620. The third kappa shape index (κ3) is 5.39. The number of aromatic hydroxyl groups is 2. The molecule has 0 saturated carbocycles. The first kappa shape index (κ1) is 18.1. The predicted octanol–water partition coefficient (Wildman–Crippen LogP) is 3.63. The second kappa shape index (κ2) is 8.01. The number of benzene rings is 2. The van der Waals surface area contributed by atoms with Gasteiger partial charge in [-0.05, 0) is 48.6 Å². The van der Waals surface area contributed by atoms with Gasteiger partial charge in [0.1, 0.15) is 23.1 Å². The van der Waals surface area contributed by atoms with Gasteiger partial charge in [-0.1, -0.05) is 0 Å². The van der Waals surface area contributed by atoms with Gasteiger partial charge in [0.05, 0.1) is 6.42 Å². The third-order valence-corrected chi connectivity index (χ3v) is 3.21. The minimum absolute atomic E-state index is 0.0975. The van der Waals surface area contributed by atoms with E-state index in [0.29, 0.717) is 0 Å². The van der Waals surface area contributed by atoms with E-state index in [4.69, 9.17) is 10.2 Å². The summed E-state index contributed by atoms with van der Waals surface area (Å²) in [5, 5.41) is 18.2. The number of hydrogen-bond acceptors (Lipinski definition) is 4. The van der Waals surface area contributed by atoms with Crippen LogP contribution in [0.15, 0.2) is 48.6 Å². The molecule has 2 rings (SSSR count). The van der Waals surface area contributed by atoms with E-state index in [1.54, 1.807) is 0 Å². The monoisotopic (exact) mass is 344 g/mol. The summed E-state index contributed by atoms with van der Waals surface area (Å²) in [5.74, 6) is -2.96. The van der Waals surface area contributed by atoms with Crippen LogP contribution in [0.2, 0.25) is 0 Å². The summed E-state index contributed by atoms with van der Waals surface area (Å²) in [6, 6.07) is 6.95. The van der Waals surface area contributed by atoms with Crippen LogP contribution >= 0.6 is 0 Å². The molecule has 0 saturated heterocycles. The molecule has 128 valence electrons. The number of carbonyl (C=O) groups excluding carboxylic acids is 2. The van der Waals surface area contributed by atoms with Crippen LogP contribution in [-0.4, -0.2) is 21.8 Å². The number of rotatable bonds is 6. The van der Waals surface area contributed by atoms with Crippen molar-refractivity contribution in [3.8, 4) is 11.5 Å². The molecule has 0 spiro atoms. The Labute approximate surface area is 142 Å². The van der Waals surface area contributed by atoms with Crippen molar-refractivity contribution in [1.82, 2.24) is 0 Å². The molecule has 6 heteroatoms. The smallest absolute Gasteiger partial charge is 0.163 e. The summed E-state index contributed by atoms with van der Waals surface area (Å²) in [7, 11) is 0. The summed E-state index contributed by atoms with van der Waals surface area (Å²) in [5.41, 5.74) is 0.195.